The van der Waals surface area contributed by atoms with Crippen LogP contribution in [0.1, 0.15) is 43.7 Å². The molecule has 0 saturated carbocycles. The van der Waals surface area contributed by atoms with E-state index in [4.69, 9.17) is 16.3 Å². The zero-order valence-corrected chi connectivity index (χ0v) is 19.6. The molecule has 0 aliphatic carbocycles. The van der Waals surface area contributed by atoms with Gasteiger partial charge < -0.3 is 10.1 Å². The number of hydrogen-bond acceptors (Lipinski definition) is 5. The number of nitrogens with zero attached hydrogens (tertiary/aromatic N) is 4. The molecule has 0 bridgehead atoms. The molecular weight excluding hydrogens is 426 g/mol. The van der Waals surface area contributed by atoms with E-state index >= 15 is 0 Å². The van der Waals surface area contributed by atoms with Crippen molar-refractivity contribution in [2.75, 3.05) is 6.61 Å². The van der Waals surface area contributed by atoms with Gasteiger partial charge in [0.25, 0.3) is 5.91 Å². The van der Waals surface area contributed by atoms with Crippen molar-refractivity contribution in [2.45, 2.75) is 40.7 Å². The van der Waals surface area contributed by atoms with Crippen molar-refractivity contribution in [1.82, 2.24) is 24.9 Å². The van der Waals surface area contributed by atoms with E-state index in [9.17, 15) is 4.79 Å². The number of aryl methyl sites for hydroxylation is 1. The second-order valence-electron chi connectivity index (χ2n) is 8.56. The standard InChI is InChI=1S/C24H26ClN5O2/c1-13(2)12-32-17-7-8-19(25)18(11-17)23-29-28-22-15(5)27-20-9-6-16(10-21(20)30(22)23)24(31)26-14(3)4/h6-11,13-14H,12H2,1-5H3,(H,26,31). The molecule has 0 spiro atoms. The third kappa shape index (κ3) is 4.25. The maximum Gasteiger partial charge on any atom is 0.251 e. The summed E-state index contributed by atoms with van der Waals surface area (Å²) in [6, 6.07) is 11.0. The Bertz CT molecular complexity index is 1310. The number of aromatic nitrogens is 4. The predicted molar refractivity (Wildman–Crippen MR) is 126 cm³/mol. The van der Waals surface area contributed by atoms with Crippen LogP contribution in [0, 0.1) is 12.8 Å². The summed E-state index contributed by atoms with van der Waals surface area (Å²) in [5, 5.41) is 12.3. The van der Waals surface area contributed by atoms with E-state index in [0.29, 0.717) is 45.9 Å². The van der Waals surface area contributed by atoms with Crippen LogP contribution in [0.25, 0.3) is 28.1 Å². The first-order valence-corrected chi connectivity index (χ1v) is 11.0. The summed E-state index contributed by atoms with van der Waals surface area (Å²) in [5.41, 5.74) is 4.05. The molecule has 2 aromatic heterocycles. The highest BCUT2D eigenvalue weighted by Gasteiger charge is 2.19. The summed E-state index contributed by atoms with van der Waals surface area (Å²) in [7, 11) is 0. The molecule has 1 amide bonds. The summed E-state index contributed by atoms with van der Waals surface area (Å²) in [6.45, 7) is 10.5. The van der Waals surface area contributed by atoms with Gasteiger partial charge in [0.2, 0.25) is 0 Å². The fraction of sp³-hybridized carbons (Fsp3) is 0.333. The topological polar surface area (TPSA) is 81.4 Å². The maximum atomic E-state index is 12.6. The van der Waals surface area contributed by atoms with Crippen LogP contribution in [0.4, 0.5) is 0 Å². The van der Waals surface area contributed by atoms with Crippen molar-refractivity contribution >= 4 is 34.2 Å². The third-order valence-electron chi connectivity index (χ3n) is 4.94. The summed E-state index contributed by atoms with van der Waals surface area (Å²) >= 11 is 6.56. The van der Waals surface area contributed by atoms with Gasteiger partial charge in [0.05, 0.1) is 28.4 Å². The Labute approximate surface area is 191 Å². The number of hydrogen-bond donors (Lipinski definition) is 1. The molecule has 0 saturated heterocycles. The van der Waals surface area contributed by atoms with Gasteiger partial charge in [-0.1, -0.05) is 25.4 Å². The Morgan fingerprint density at radius 1 is 1.12 bits per heavy atom. The van der Waals surface area contributed by atoms with E-state index in [0.717, 1.165) is 16.7 Å². The molecule has 0 radical (unpaired) electrons. The SMILES string of the molecule is Cc1nc2ccc(C(=O)NC(C)C)cc2n2c(-c3cc(OCC(C)C)ccc3Cl)nnc12. The first-order valence-electron chi connectivity index (χ1n) is 10.6. The molecule has 0 fully saturated rings. The minimum Gasteiger partial charge on any atom is -0.493 e. The van der Waals surface area contributed by atoms with Crippen LogP contribution in [0.5, 0.6) is 5.75 Å². The summed E-state index contributed by atoms with van der Waals surface area (Å²) in [4.78, 5) is 17.3. The third-order valence-corrected chi connectivity index (χ3v) is 5.26. The number of nitrogens with one attached hydrogen (secondary N) is 1. The first-order chi connectivity index (χ1) is 15.2. The Morgan fingerprint density at radius 2 is 1.91 bits per heavy atom. The number of amides is 1. The number of ether oxygens (including phenoxy) is 1. The minimum atomic E-state index is -0.146. The number of carbonyl (C=O) groups is 1. The predicted octanol–water partition coefficient (Wildman–Crippen LogP) is 5.08. The molecule has 7 nitrogen and oxygen atoms in total. The molecule has 0 aliphatic heterocycles. The molecule has 0 atom stereocenters. The summed E-state index contributed by atoms with van der Waals surface area (Å²) in [5.74, 6) is 1.53. The Kier molecular flexibility index (Phi) is 6.02. The van der Waals surface area contributed by atoms with Gasteiger partial charge in [0, 0.05) is 17.2 Å². The lowest BCUT2D eigenvalue weighted by atomic mass is 10.1. The maximum absolute atomic E-state index is 12.6. The van der Waals surface area contributed by atoms with Crippen molar-refractivity contribution in [1.29, 1.82) is 0 Å². The van der Waals surface area contributed by atoms with E-state index in [1.54, 1.807) is 12.1 Å². The lowest BCUT2D eigenvalue weighted by molar-refractivity contribution is 0.0943. The molecule has 32 heavy (non-hydrogen) atoms. The van der Waals surface area contributed by atoms with Crippen molar-refractivity contribution < 1.29 is 9.53 Å². The lowest BCUT2D eigenvalue weighted by Gasteiger charge is -2.12. The van der Waals surface area contributed by atoms with Gasteiger partial charge in [-0.05, 0) is 63.1 Å². The fourth-order valence-electron chi connectivity index (χ4n) is 3.46. The van der Waals surface area contributed by atoms with Crippen LogP contribution in [-0.4, -0.2) is 38.1 Å². The molecule has 2 heterocycles. The van der Waals surface area contributed by atoms with E-state index < -0.39 is 0 Å². The van der Waals surface area contributed by atoms with Crippen molar-refractivity contribution in [3.8, 4) is 17.1 Å². The molecule has 0 aliphatic rings. The number of fused-ring (bicyclic) bond motifs is 3. The molecule has 4 rings (SSSR count). The van der Waals surface area contributed by atoms with Crippen LogP contribution < -0.4 is 10.1 Å². The average Bonchev–Trinajstić information content (AvgIpc) is 3.18. The van der Waals surface area contributed by atoms with E-state index in [2.05, 4.69) is 34.3 Å². The molecule has 0 unspecified atom stereocenters. The summed E-state index contributed by atoms with van der Waals surface area (Å²) < 4.78 is 7.79. The molecule has 166 valence electrons. The lowest BCUT2D eigenvalue weighted by Crippen LogP contribution is -2.30. The normalized spacial score (nSPS) is 11.6. The second-order valence-corrected chi connectivity index (χ2v) is 8.97. The highest BCUT2D eigenvalue weighted by atomic mass is 35.5. The Balaban J connectivity index is 1.91. The number of carbonyl (C=O) groups excluding carboxylic acids is 1. The average molecular weight is 452 g/mol. The van der Waals surface area contributed by atoms with Gasteiger partial charge >= 0.3 is 0 Å². The molecule has 1 N–H and O–H groups in total. The summed E-state index contributed by atoms with van der Waals surface area (Å²) in [6.07, 6.45) is 0. The van der Waals surface area contributed by atoms with Crippen LogP contribution >= 0.6 is 11.6 Å². The molecule has 4 aromatic rings. The van der Waals surface area contributed by atoms with Gasteiger partial charge in [-0.15, -0.1) is 10.2 Å². The second kappa shape index (κ2) is 8.74. The van der Waals surface area contributed by atoms with E-state index in [-0.39, 0.29) is 11.9 Å². The smallest absolute Gasteiger partial charge is 0.251 e. The van der Waals surface area contributed by atoms with Gasteiger partial charge in [0.15, 0.2) is 11.5 Å². The highest BCUT2D eigenvalue weighted by molar-refractivity contribution is 6.33. The van der Waals surface area contributed by atoms with Gasteiger partial charge in [-0.3, -0.25) is 9.20 Å². The van der Waals surface area contributed by atoms with Gasteiger partial charge in [-0.2, -0.15) is 0 Å². The van der Waals surface area contributed by atoms with Crippen LogP contribution in [0.15, 0.2) is 36.4 Å². The van der Waals surface area contributed by atoms with Crippen molar-refractivity contribution in [3.63, 3.8) is 0 Å². The van der Waals surface area contributed by atoms with Crippen LogP contribution in [-0.2, 0) is 0 Å². The number of rotatable bonds is 6. The monoisotopic (exact) mass is 451 g/mol. The number of halogens is 1. The Hall–Kier alpha value is -3.19. The fourth-order valence-corrected chi connectivity index (χ4v) is 3.67. The minimum absolute atomic E-state index is 0.0345. The van der Waals surface area contributed by atoms with Crippen molar-refractivity contribution in [3.05, 3.63) is 52.7 Å². The number of benzene rings is 2. The Morgan fingerprint density at radius 3 is 2.62 bits per heavy atom. The molecule has 8 heteroatoms. The molecule has 2 aromatic carbocycles. The van der Waals surface area contributed by atoms with Crippen molar-refractivity contribution in [2.24, 2.45) is 5.92 Å². The quantitative estimate of drug-likeness (QED) is 0.442. The zero-order valence-electron chi connectivity index (χ0n) is 18.8. The van der Waals surface area contributed by atoms with Gasteiger partial charge in [0.1, 0.15) is 5.75 Å². The van der Waals surface area contributed by atoms with E-state index in [1.807, 2.05) is 49.4 Å². The molecular formula is C24H26ClN5O2. The van der Waals surface area contributed by atoms with E-state index in [1.165, 1.54) is 0 Å². The largest absolute Gasteiger partial charge is 0.493 e. The first kappa shape index (κ1) is 22.0. The van der Waals surface area contributed by atoms with Gasteiger partial charge in [-0.25, -0.2) is 4.98 Å². The van der Waals surface area contributed by atoms with Crippen LogP contribution in [0.2, 0.25) is 5.02 Å². The van der Waals surface area contributed by atoms with Crippen LogP contribution in [0.3, 0.4) is 0 Å². The highest BCUT2D eigenvalue weighted by Crippen LogP contribution is 2.33. The zero-order chi connectivity index (χ0) is 23.0.